The van der Waals surface area contributed by atoms with Gasteiger partial charge >= 0.3 is 0 Å². The Morgan fingerprint density at radius 2 is 2.06 bits per heavy atom. The molecule has 92 valence electrons. The van der Waals surface area contributed by atoms with Crippen LogP contribution in [0, 0.1) is 11.8 Å². The van der Waals surface area contributed by atoms with E-state index in [0.717, 1.165) is 18.4 Å². The second-order valence-corrected chi connectivity index (χ2v) is 5.82. The first-order valence-electron chi connectivity index (χ1n) is 6.03. The molecule has 1 nitrogen and oxygen atoms in total. The Bertz CT molecular complexity index is 428. The highest BCUT2D eigenvalue weighted by atomic mass is 35.5. The summed E-state index contributed by atoms with van der Waals surface area (Å²) in [5.41, 5.74) is 0.962. The Kier molecular flexibility index (Phi) is 4.11. The van der Waals surface area contributed by atoms with E-state index >= 15 is 0 Å². The molecule has 0 amide bonds. The Balaban J connectivity index is 2.00. The van der Waals surface area contributed by atoms with E-state index in [4.69, 9.17) is 23.2 Å². The van der Waals surface area contributed by atoms with Crippen LogP contribution in [0.25, 0.3) is 0 Å². The van der Waals surface area contributed by atoms with Crippen molar-refractivity contribution >= 4 is 29.0 Å². The molecule has 0 spiro atoms. The summed E-state index contributed by atoms with van der Waals surface area (Å²) in [4.78, 5) is 12.1. The highest BCUT2D eigenvalue weighted by Gasteiger charge is 2.27. The third kappa shape index (κ3) is 3.23. The zero-order valence-corrected chi connectivity index (χ0v) is 11.4. The van der Waals surface area contributed by atoms with Gasteiger partial charge in [0.05, 0.1) is 10.0 Å². The van der Waals surface area contributed by atoms with Crippen LogP contribution in [0.5, 0.6) is 0 Å². The molecule has 0 heterocycles. The Labute approximate surface area is 112 Å². The van der Waals surface area contributed by atoms with E-state index < -0.39 is 0 Å². The second-order valence-electron chi connectivity index (χ2n) is 5.01. The van der Waals surface area contributed by atoms with Crippen LogP contribution in [0.15, 0.2) is 18.2 Å². The van der Waals surface area contributed by atoms with Crippen LogP contribution in [-0.2, 0) is 11.2 Å². The molecule has 1 aromatic rings. The van der Waals surface area contributed by atoms with E-state index in [9.17, 15) is 4.79 Å². The first-order valence-corrected chi connectivity index (χ1v) is 6.78. The van der Waals surface area contributed by atoms with Crippen LogP contribution < -0.4 is 0 Å². The van der Waals surface area contributed by atoms with Gasteiger partial charge in [-0.3, -0.25) is 4.79 Å². The summed E-state index contributed by atoms with van der Waals surface area (Å²) in [5.74, 6) is 1.28. The van der Waals surface area contributed by atoms with E-state index in [1.807, 2.05) is 6.07 Å². The third-order valence-corrected chi connectivity index (χ3v) is 4.25. The first-order chi connectivity index (χ1) is 8.06. The van der Waals surface area contributed by atoms with Crippen molar-refractivity contribution < 1.29 is 4.79 Å². The number of ketones is 1. The molecule has 1 saturated carbocycles. The number of hydrogen-bond acceptors (Lipinski definition) is 1. The number of rotatable bonds is 3. The van der Waals surface area contributed by atoms with Crippen LogP contribution in [0.1, 0.15) is 31.7 Å². The maximum absolute atomic E-state index is 12.1. The van der Waals surface area contributed by atoms with Gasteiger partial charge in [0, 0.05) is 12.3 Å². The van der Waals surface area contributed by atoms with Gasteiger partial charge in [0.2, 0.25) is 0 Å². The van der Waals surface area contributed by atoms with Gasteiger partial charge in [-0.25, -0.2) is 0 Å². The van der Waals surface area contributed by atoms with Gasteiger partial charge in [-0.05, 0) is 42.9 Å². The average molecular weight is 271 g/mol. The minimum atomic E-state index is 0.249. The van der Waals surface area contributed by atoms with Crippen LogP contribution >= 0.6 is 23.2 Å². The SMILES string of the molecule is CC1CCC(C(=O)Cc2ccc(Cl)c(Cl)c2)C1. The van der Waals surface area contributed by atoms with Gasteiger partial charge in [-0.2, -0.15) is 0 Å². The molecular formula is C14H16Cl2O. The van der Waals surface area contributed by atoms with Crippen molar-refractivity contribution in [3.05, 3.63) is 33.8 Å². The fourth-order valence-electron chi connectivity index (χ4n) is 2.49. The lowest BCUT2D eigenvalue weighted by Gasteiger charge is -2.09. The van der Waals surface area contributed by atoms with E-state index in [2.05, 4.69) is 6.92 Å². The summed E-state index contributed by atoms with van der Waals surface area (Å²) in [6, 6.07) is 5.43. The standard InChI is InChI=1S/C14H16Cl2O/c1-9-2-4-11(6-9)14(17)8-10-3-5-12(15)13(16)7-10/h3,5,7,9,11H,2,4,6,8H2,1H3. The molecule has 0 saturated heterocycles. The predicted octanol–water partition coefficient (Wildman–Crippen LogP) is 4.54. The molecule has 1 aromatic carbocycles. The van der Waals surface area contributed by atoms with Gasteiger partial charge < -0.3 is 0 Å². The van der Waals surface area contributed by atoms with Gasteiger partial charge in [0.25, 0.3) is 0 Å². The molecule has 1 fully saturated rings. The summed E-state index contributed by atoms with van der Waals surface area (Å²) >= 11 is 11.8. The topological polar surface area (TPSA) is 17.1 Å². The molecule has 0 aromatic heterocycles. The van der Waals surface area contributed by atoms with Crippen molar-refractivity contribution in [2.45, 2.75) is 32.6 Å². The second kappa shape index (κ2) is 5.41. The molecule has 17 heavy (non-hydrogen) atoms. The van der Waals surface area contributed by atoms with Crippen LogP contribution in [0.4, 0.5) is 0 Å². The molecular weight excluding hydrogens is 255 g/mol. The fraction of sp³-hybridized carbons (Fsp3) is 0.500. The number of halogens is 2. The zero-order chi connectivity index (χ0) is 12.4. The number of carbonyl (C=O) groups excluding carboxylic acids is 1. The summed E-state index contributed by atoms with van der Waals surface area (Å²) < 4.78 is 0. The van der Waals surface area contributed by atoms with Crippen LogP contribution in [-0.4, -0.2) is 5.78 Å². The highest BCUT2D eigenvalue weighted by Crippen LogP contribution is 2.32. The third-order valence-electron chi connectivity index (χ3n) is 3.51. The van der Waals surface area contributed by atoms with Gasteiger partial charge in [0.1, 0.15) is 5.78 Å². The summed E-state index contributed by atoms with van der Waals surface area (Å²) in [5, 5.41) is 1.06. The lowest BCUT2D eigenvalue weighted by molar-refractivity contribution is -0.122. The molecule has 0 radical (unpaired) electrons. The zero-order valence-electron chi connectivity index (χ0n) is 9.88. The highest BCUT2D eigenvalue weighted by molar-refractivity contribution is 6.42. The molecule has 2 atom stereocenters. The molecule has 1 aliphatic carbocycles. The molecule has 2 unspecified atom stereocenters. The first kappa shape index (κ1) is 12.9. The van der Waals surface area contributed by atoms with Crippen molar-refractivity contribution in [3.63, 3.8) is 0 Å². The molecule has 0 bridgehead atoms. The maximum atomic E-state index is 12.1. The average Bonchev–Trinajstić information content (AvgIpc) is 2.70. The molecule has 0 aliphatic heterocycles. The largest absolute Gasteiger partial charge is 0.299 e. The Morgan fingerprint density at radius 3 is 2.65 bits per heavy atom. The summed E-state index contributed by atoms with van der Waals surface area (Å²) in [6.45, 7) is 2.21. The lowest BCUT2D eigenvalue weighted by Crippen LogP contribution is -2.13. The minimum absolute atomic E-state index is 0.249. The lowest BCUT2D eigenvalue weighted by atomic mass is 9.96. The van der Waals surface area contributed by atoms with E-state index in [1.54, 1.807) is 12.1 Å². The van der Waals surface area contributed by atoms with Crippen LogP contribution in [0.3, 0.4) is 0 Å². The summed E-state index contributed by atoms with van der Waals surface area (Å²) in [7, 11) is 0. The number of carbonyl (C=O) groups is 1. The predicted molar refractivity (Wildman–Crippen MR) is 71.7 cm³/mol. The van der Waals surface area contributed by atoms with E-state index in [0.29, 0.717) is 28.2 Å². The number of Topliss-reactive ketones (excluding diaryl/α,β-unsaturated/α-hetero) is 1. The monoisotopic (exact) mass is 270 g/mol. The smallest absolute Gasteiger partial charge is 0.140 e. The fourth-order valence-corrected chi connectivity index (χ4v) is 2.82. The Morgan fingerprint density at radius 1 is 1.29 bits per heavy atom. The molecule has 1 aliphatic rings. The number of benzene rings is 1. The van der Waals surface area contributed by atoms with E-state index in [1.165, 1.54) is 6.42 Å². The normalized spacial score (nSPS) is 23.9. The van der Waals surface area contributed by atoms with E-state index in [-0.39, 0.29) is 5.92 Å². The van der Waals surface area contributed by atoms with Crippen molar-refractivity contribution in [1.82, 2.24) is 0 Å². The Hall–Kier alpha value is -0.530. The maximum Gasteiger partial charge on any atom is 0.140 e. The van der Waals surface area contributed by atoms with Gasteiger partial charge in [0.15, 0.2) is 0 Å². The van der Waals surface area contributed by atoms with Crippen molar-refractivity contribution in [3.8, 4) is 0 Å². The molecule has 0 N–H and O–H groups in total. The van der Waals surface area contributed by atoms with Crippen molar-refractivity contribution in [1.29, 1.82) is 0 Å². The molecule has 2 rings (SSSR count). The van der Waals surface area contributed by atoms with Crippen molar-refractivity contribution in [2.75, 3.05) is 0 Å². The molecule has 3 heteroatoms. The quantitative estimate of drug-likeness (QED) is 0.788. The van der Waals surface area contributed by atoms with Gasteiger partial charge in [-0.15, -0.1) is 0 Å². The van der Waals surface area contributed by atoms with Gasteiger partial charge in [-0.1, -0.05) is 36.2 Å². The van der Waals surface area contributed by atoms with Crippen molar-refractivity contribution in [2.24, 2.45) is 11.8 Å². The minimum Gasteiger partial charge on any atom is -0.299 e. The number of hydrogen-bond donors (Lipinski definition) is 0. The summed E-state index contributed by atoms with van der Waals surface area (Å²) in [6.07, 6.45) is 3.74. The van der Waals surface area contributed by atoms with Crippen LogP contribution in [0.2, 0.25) is 10.0 Å².